The zero-order valence-corrected chi connectivity index (χ0v) is 8.85. The average molecular weight is 225 g/mol. The van der Waals surface area contributed by atoms with Gasteiger partial charge in [-0.05, 0) is 12.8 Å². The molecule has 0 aromatic carbocycles. The lowest BCUT2D eigenvalue weighted by Gasteiger charge is -2.29. The number of hydrogen-bond donors (Lipinski definition) is 3. The maximum atomic E-state index is 11.5. The SMILES string of the molecule is NCC(=O)N=C(N)[C@@H]1CC[C@@H]2CN1C(=O)N2. The van der Waals surface area contributed by atoms with E-state index in [1.807, 2.05) is 0 Å². The van der Waals surface area contributed by atoms with E-state index >= 15 is 0 Å². The standard InChI is InChI=1S/C9H15N5O2/c10-3-7(15)13-8(11)6-2-1-5-4-14(6)9(16)12-5/h5-6H,1-4,10H2,(H,12,16)(H2,11,13,15)/t5-,6+/m1/s1. The molecule has 5 N–H and O–H groups in total. The van der Waals surface area contributed by atoms with Crippen LogP contribution in [0.4, 0.5) is 4.79 Å². The molecule has 7 nitrogen and oxygen atoms in total. The first-order chi connectivity index (χ1) is 7.61. The van der Waals surface area contributed by atoms with Gasteiger partial charge in [0, 0.05) is 12.6 Å². The minimum Gasteiger partial charge on any atom is -0.385 e. The Labute approximate surface area is 92.9 Å². The Hall–Kier alpha value is -1.63. The van der Waals surface area contributed by atoms with Crippen LogP contribution in [0.2, 0.25) is 0 Å². The van der Waals surface area contributed by atoms with Gasteiger partial charge in [0.05, 0.1) is 12.6 Å². The highest BCUT2D eigenvalue weighted by Gasteiger charge is 2.40. The number of aliphatic imine (C=N–C) groups is 1. The maximum absolute atomic E-state index is 11.5. The number of fused-ring (bicyclic) bond motifs is 2. The number of nitrogens with two attached hydrogens (primary N) is 2. The molecule has 0 saturated carbocycles. The van der Waals surface area contributed by atoms with Crippen molar-refractivity contribution < 1.29 is 9.59 Å². The fourth-order valence-corrected chi connectivity index (χ4v) is 2.14. The highest BCUT2D eigenvalue weighted by Crippen LogP contribution is 2.22. The zero-order valence-electron chi connectivity index (χ0n) is 8.85. The van der Waals surface area contributed by atoms with Gasteiger partial charge in [-0.3, -0.25) is 4.79 Å². The molecule has 2 aliphatic heterocycles. The van der Waals surface area contributed by atoms with E-state index in [1.54, 1.807) is 4.90 Å². The first-order valence-corrected chi connectivity index (χ1v) is 5.26. The Morgan fingerprint density at radius 2 is 2.31 bits per heavy atom. The van der Waals surface area contributed by atoms with Crippen LogP contribution in [0.5, 0.6) is 0 Å². The number of amidine groups is 1. The maximum Gasteiger partial charge on any atom is 0.318 e. The predicted molar refractivity (Wildman–Crippen MR) is 57.7 cm³/mol. The van der Waals surface area contributed by atoms with Crippen LogP contribution in [0.1, 0.15) is 12.8 Å². The van der Waals surface area contributed by atoms with E-state index in [4.69, 9.17) is 11.5 Å². The topological polar surface area (TPSA) is 114 Å². The molecule has 0 spiro atoms. The van der Waals surface area contributed by atoms with Crippen molar-refractivity contribution in [1.29, 1.82) is 0 Å². The molecule has 7 heteroatoms. The molecular weight excluding hydrogens is 210 g/mol. The molecule has 0 aromatic rings. The third-order valence-corrected chi connectivity index (χ3v) is 2.94. The number of rotatable bonds is 2. The number of nitrogens with zero attached hydrogens (tertiary/aromatic N) is 2. The van der Waals surface area contributed by atoms with Crippen molar-refractivity contribution in [2.24, 2.45) is 16.5 Å². The second kappa shape index (κ2) is 4.09. The minimum absolute atomic E-state index is 0.133. The molecule has 0 radical (unpaired) electrons. The fourth-order valence-electron chi connectivity index (χ4n) is 2.14. The number of nitrogens with one attached hydrogen (secondary N) is 1. The molecule has 2 heterocycles. The van der Waals surface area contributed by atoms with Crippen molar-refractivity contribution in [3.05, 3.63) is 0 Å². The van der Waals surface area contributed by atoms with Crippen molar-refractivity contribution in [2.75, 3.05) is 13.1 Å². The average Bonchev–Trinajstić information content (AvgIpc) is 2.54. The molecule has 88 valence electrons. The van der Waals surface area contributed by atoms with Crippen molar-refractivity contribution in [3.63, 3.8) is 0 Å². The highest BCUT2D eigenvalue weighted by molar-refractivity contribution is 5.99. The number of carbonyl (C=O) groups is 2. The van der Waals surface area contributed by atoms with Gasteiger partial charge in [-0.25, -0.2) is 4.79 Å². The number of carbonyl (C=O) groups excluding carboxylic acids is 2. The van der Waals surface area contributed by atoms with E-state index in [0.29, 0.717) is 6.54 Å². The molecule has 2 fully saturated rings. The van der Waals surface area contributed by atoms with Crippen LogP contribution < -0.4 is 16.8 Å². The van der Waals surface area contributed by atoms with E-state index in [9.17, 15) is 9.59 Å². The molecule has 2 aliphatic rings. The molecule has 2 bridgehead atoms. The second-order valence-electron chi connectivity index (χ2n) is 4.03. The van der Waals surface area contributed by atoms with Gasteiger partial charge in [-0.2, -0.15) is 4.99 Å². The van der Waals surface area contributed by atoms with Crippen LogP contribution >= 0.6 is 0 Å². The molecule has 2 atom stereocenters. The normalized spacial score (nSPS) is 29.2. The van der Waals surface area contributed by atoms with Crippen molar-refractivity contribution in [2.45, 2.75) is 24.9 Å². The Morgan fingerprint density at radius 1 is 1.56 bits per heavy atom. The Kier molecular flexibility index (Phi) is 2.78. The molecule has 0 aliphatic carbocycles. The van der Waals surface area contributed by atoms with E-state index in [1.165, 1.54) is 0 Å². The summed E-state index contributed by atoms with van der Waals surface area (Å²) in [5.74, 6) is -0.273. The van der Waals surface area contributed by atoms with E-state index < -0.39 is 5.91 Å². The first kappa shape index (κ1) is 10.9. The lowest BCUT2D eigenvalue weighted by Crippen LogP contribution is -2.48. The predicted octanol–water partition coefficient (Wildman–Crippen LogP) is -1.61. The number of piperidine rings is 1. The molecule has 2 rings (SSSR count). The van der Waals surface area contributed by atoms with Gasteiger partial charge in [-0.1, -0.05) is 0 Å². The lowest BCUT2D eigenvalue weighted by atomic mass is 10.0. The number of urea groups is 1. The van der Waals surface area contributed by atoms with E-state index in [0.717, 1.165) is 12.8 Å². The Bertz CT molecular complexity index is 354. The monoisotopic (exact) mass is 225 g/mol. The smallest absolute Gasteiger partial charge is 0.318 e. The van der Waals surface area contributed by atoms with E-state index in [-0.39, 0.29) is 30.5 Å². The molecule has 0 aromatic heterocycles. The minimum atomic E-state index is -0.459. The van der Waals surface area contributed by atoms with Gasteiger partial charge in [0.15, 0.2) is 0 Å². The van der Waals surface area contributed by atoms with E-state index in [2.05, 4.69) is 10.3 Å². The van der Waals surface area contributed by atoms with Crippen LogP contribution in [0.25, 0.3) is 0 Å². The summed E-state index contributed by atoms with van der Waals surface area (Å²) in [4.78, 5) is 27.9. The van der Waals surface area contributed by atoms with Gasteiger partial charge < -0.3 is 21.7 Å². The summed E-state index contributed by atoms with van der Waals surface area (Å²) < 4.78 is 0. The number of amides is 3. The molecular formula is C9H15N5O2. The van der Waals surface area contributed by atoms with Gasteiger partial charge in [0.2, 0.25) is 0 Å². The van der Waals surface area contributed by atoms with Crippen LogP contribution in [-0.2, 0) is 4.79 Å². The third kappa shape index (κ3) is 1.85. The summed E-state index contributed by atoms with van der Waals surface area (Å²) in [6, 6.07) is -0.193. The zero-order chi connectivity index (χ0) is 11.7. The largest absolute Gasteiger partial charge is 0.385 e. The van der Waals surface area contributed by atoms with Crippen LogP contribution in [-0.4, -0.2) is 47.8 Å². The summed E-state index contributed by atoms with van der Waals surface area (Å²) >= 11 is 0. The van der Waals surface area contributed by atoms with Crippen molar-refractivity contribution in [1.82, 2.24) is 10.2 Å². The summed E-state index contributed by atoms with van der Waals surface area (Å²) in [6.07, 6.45) is 1.59. The Balaban J connectivity index is 2.12. The lowest BCUT2D eigenvalue weighted by molar-refractivity contribution is -0.116. The van der Waals surface area contributed by atoms with Crippen LogP contribution in [0.15, 0.2) is 4.99 Å². The third-order valence-electron chi connectivity index (χ3n) is 2.94. The van der Waals surface area contributed by atoms with Gasteiger partial charge >= 0.3 is 6.03 Å². The second-order valence-corrected chi connectivity index (χ2v) is 4.03. The molecule has 3 amide bonds. The van der Waals surface area contributed by atoms with Gasteiger partial charge in [0.1, 0.15) is 5.84 Å². The summed E-state index contributed by atoms with van der Waals surface area (Å²) in [7, 11) is 0. The quantitative estimate of drug-likeness (QED) is 0.387. The molecule has 0 unspecified atom stereocenters. The van der Waals surface area contributed by atoms with Gasteiger partial charge in [-0.15, -0.1) is 0 Å². The van der Waals surface area contributed by atoms with Crippen molar-refractivity contribution >= 4 is 17.8 Å². The highest BCUT2D eigenvalue weighted by atomic mass is 16.2. The van der Waals surface area contributed by atoms with Gasteiger partial charge in [0.25, 0.3) is 5.91 Å². The van der Waals surface area contributed by atoms with Crippen LogP contribution in [0.3, 0.4) is 0 Å². The van der Waals surface area contributed by atoms with Crippen LogP contribution in [0, 0.1) is 0 Å². The first-order valence-electron chi connectivity index (χ1n) is 5.26. The summed E-state index contributed by atoms with van der Waals surface area (Å²) in [6.45, 7) is 0.471. The summed E-state index contributed by atoms with van der Waals surface area (Å²) in [5.41, 5.74) is 10.9. The molecule has 2 saturated heterocycles. The summed E-state index contributed by atoms with van der Waals surface area (Å²) in [5, 5.41) is 2.83. The Morgan fingerprint density at radius 3 is 3.00 bits per heavy atom. The fraction of sp³-hybridized carbons (Fsp3) is 0.667. The number of hydrogen-bond acceptors (Lipinski definition) is 3. The van der Waals surface area contributed by atoms with Crippen molar-refractivity contribution in [3.8, 4) is 0 Å². The molecule has 16 heavy (non-hydrogen) atoms.